The van der Waals surface area contributed by atoms with Gasteiger partial charge in [-0.1, -0.05) is 115 Å². The molecule has 0 aliphatic carbocycles. The van der Waals surface area contributed by atoms with Crippen molar-refractivity contribution in [1.82, 2.24) is 4.57 Å². The van der Waals surface area contributed by atoms with Crippen molar-refractivity contribution >= 4 is 122 Å². The Kier molecular flexibility index (Phi) is 11.7. The average molecular weight is 1030 g/mol. The van der Waals surface area contributed by atoms with Gasteiger partial charge in [0.15, 0.2) is 0 Å². The Bertz CT molecular complexity index is 4420. The molecule has 0 spiro atoms. The number of aromatic nitrogens is 1. The SMILES string of the molecule is O=[N+]([O-])c1cccc(N(c2cccc(-n3c4ccc(N(c5cccc([N+](=O)[O-])c5)c5ccc6ccccc6c5)cc4c4cc(N(c5cccc([N+](=O)[O-])c5)c5ccc6ccccc6c5)ccc43)c2)c2ccc3ccccc3c2)c1. The van der Waals surface area contributed by atoms with Crippen molar-refractivity contribution in [2.24, 2.45) is 0 Å². The lowest BCUT2D eigenvalue weighted by Gasteiger charge is -2.26. The maximum Gasteiger partial charge on any atom is 0.271 e. The lowest BCUT2D eigenvalue weighted by atomic mass is 10.1. The first-order valence-electron chi connectivity index (χ1n) is 25.4. The van der Waals surface area contributed by atoms with Crippen molar-refractivity contribution in [3.63, 3.8) is 0 Å². The van der Waals surface area contributed by atoms with E-state index in [1.54, 1.807) is 36.4 Å². The minimum Gasteiger partial charge on any atom is -0.310 e. The van der Waals surface area contributed by atoms with Gasteiger partial charge in [-0.15, -0.1) is 0 Å². The number of hydrogen-bond acceptors (Lipinski definition) is 9. The molecule has 12 aromatic carbocycles. The second kappa shape index (κ2) is 19.5. The van der Waals surface area contributed by atoms with Crippen LogP contribution >= 0.6 is 0 Å². The highest BCUT2D eigenvalue weighted by molar-refractivity contribution is 6.12. The minimum atomic E-state index is -0.392. The van der Waals surface area contributed by atoms with Gasteiger partial charge in [0.1, 0.15) is 0 Å². The molecule has 0 aliphatic rings. The predicted molar refractivity (Wildman–Crippen MR) is 317 cm³/mol. The normalized spacial score (nSPS) is 11.3. The van der Waals surface area contributed by atoms with Crippen molar-refractivity contribution in [2.45, 2.75) is 0 Å². The van der Waals surface area contributed by atoms with E-state index in [4.69, 9.17) is 0 Å². The fourth-order valence-corrected chi connectivity index (χ4v) is 10.9. The van der Waals surface area contributed by atoms with Crippen LogP contribution in [0.5, 0.6) is 0 Å². The summed E-state index contributed by atoms with van der Waals surface area (Å²) in [6, 6.07) is 82.9. The van der Waals surface area contributed by atoms with Crippen LogP contribution in [0.25, 0.3) is 59.8 Å². The van der Waals surface area contributed by atoms with Gasteiger partial charge >= 0.3 is 0 Å². The van der Waals surface area contributed by atoms with E-state index in [0.717, 1.165) is 93.9 Å². The molecule has 13 heteroatoms. The third-order valence-corrected chi connectivity index (χ3v) is 14.5. The number of rotatable bonds is 13. The van der Waals surface area contributed by atoms with E-state index in [2.05, 4.69) is 53.1 Å². The Morgan fingerprint density at radius 2 is 0.557 bits per heavy atom. The summed E-state index contributed by atoms with van der Waals surface area (Å²) >= 11 is 0. The zero-order valence-electron chi connectivity index (χ0n) is 41.9. The van der Waals surface area contributed by atoms with Crippen molar-refractivity contribution in [3.8, 4) is 5.69 Å². The van der Waals surface area contributed by atoms with Crippen LogP contribution in [0.15, 0.2) is 261 Å². The van der Waals surface area contributed by atoms with Gasteiger partial charge in [0.25, 0.3) is 17.1 Å². The van der Waals surface area contributed by atoms with Crippen molar-refractivity contribution in [3.05, 3.63) is 291 Å². The summed E-state index contributed by atoms with van der Waals surface area (Å²) in [5.74, 6) is 0. The molecule has 378 valence electrons. The molecule has 1 heterocycles. The molecule has 13 aromatic rings. The Labute approximate surface area is 451 Å². The van der Waals surface area contributed by atoms with E-state index >= 15 is 0 Å². The molecule has 13 rings (SSSR count). The monoisotopic (exact) mass is 1030 g/mol. The molecule has 0 saturated heterocycles. The molecular weight excluding hydrogens is 987 g/mol. The molecule has 0 N–H and O–H groups in total. The molecule has 13 nitrogen and oxygen atoms in total. The topological polar surface area (TPSA) is 144 Å². The second-order valence-corrected chi connectivity index (χ2v) is 19.2. The first kappa shape index (κ1) is 47.5. The molecule has 1 aromatic heterocycles. The van der Waals surface area contributed by atoms with Crippen LogP contribution in [-0.4, -0.2) is 19.3 Å². The summed E-state index contributed by atoms with van der Waals surface area (Å²) < 4.78 is 2.19. The minimum absolute atomic E-state index is 0.0425. The van der Waals surface area contributed by atoms with Gasteiger partial charge in [0.05, 0.1) is 42.9 Å². The number of non-ortho nitro benzene ring substituents is 3. The van der Waals surface area contributed by atoms with Gasteiger partial charge in [0.2, 0.25) is 0 Å². The van der Waals surface area contributed by atoms with Gasteiger partial charge in [-0.05, 0) is 142 Å². The van der Waals surface area contributed by atoms with Gasteiger partial charge in [0, 0.05) is 87.0 Å². The van der Waals surface area contributed by atoms with E-state index in [9.17, 15) is 30.3 Å². The maximum absolute atomic E-state index is 12.3. The lowest BCUT2D eigenvalue weighted by Crippen LogP contribution is -2.11. The van der Waals surface area contributed by atoms with Crippen LogP contribution < -0.4 is 14.7 Å². The fourth-order valence-electron chi connectivity index (χ4n) is 10.9. The van der Waals surface area contributed by atoms with E-state index < -0.39 is 9.85 Å². The van der Waals surface area contributed by atoms with Crippen LogP contribution in [0.1, 0.15) is 0 Å². The van der Waals surface area contributed by atoms with Crippen LogP contribution in [0.4, 0.5) is 68.2 Å². The number of nitro groups is 3. The highest BCUT2D eigenvalue weighted by Crippen LogP contribution is 2.46. The number of nitrogens with zero attached hydrogens (tertiary/aromatic N) is 7. The quantitative estimate of drug-likeness (QED) is 0.0814. The predicted octanol–water partition coefficient (Wildman–Crippen LogP) is 18.4. The standard InChI is InChI=1S/C66H43N7O6/c74-71(75)60-22-8-18-51(39-60)67(55-28-25-44-11-1-4-14-47(44)35-55)50-17-7-21-54(38-50)70-65-33-31-58(68(52-19-9-23-61(40-52)72(76)77)56-29-26-45-12-2-5-15-48(45)36-56)42-63(65)64-43-59(32-34-66(64)70)69(53-20-10-24-62(41-53)73(78)79)57-30-27-46-13-3-6-16-49(46)37-57/h1-43H. The number of nitro benzene ring substituents is 3. The highest BCUT2D eigenvalue weighted by Gasteiger charge is 2.24. The molecule has 0 atom stereocenters. The van der Waals surface area contributed by atoms with E-state index in [-0.39, 0.29) is 22.0 Å². The molecular formula is C66H43N7O6. The van der Waals surface area contributed by atoms with E-state index in [1.165, 1.54) is 18.2 Å². The first-order chi connectivity index (χ1) is 38.6. The van der Waals surface area contributed by atoms with Crippen LogP contribution in [0.3, 0.4) is 0 Å². The Balaban J connectivity index is 1.06. The average Bonchev–Trinajstić information content (AvgIpc) is 3.88. The lowest BCUT2D eigenvalue weighted by molar-refractivity contribution is -0.385. The molecule has 0 fully saturated rings. The van der Waals surface area contributed by atoms with Crippen LogP contribution in [0, 0.1) is 30.3 Å². The largest absolute Gasteiger partial charge is 0.310 e. The fraction of sp³-hybridized carbons (Fsp3) is 0. The second-order valence-electron chi connectivity index (χ2n) is 19.2. The van der Waals surface area contributed by atoms with Crippen molar-refractivity contribution in [1.29, 1.82) is 0 Å². The Morgan fingerprint density at radius 1 is 0.266 bits per heavy atom. The Morgan fingerprint density at radius 3 is 0.911 bits per heavy atom. The number of benzene rings is 12. The van der Waals surface area contributed by atoms with E-state index in [0.29, 0.717) is 17.1 Å². The molecule has 0 unspecified atom stereocenters. The summed E-state index contributed by atoms with van der Waals surface area (Å²) in [5, 5.41) is 44.7. The summed E-state index contributed by atoms with van der Waals surface area (Å²) in [4.78, 5) is 41.8. The van der Waals surface area contributed by atoms with Gasteiger partial charge < -0.3 is 19.3 Å². The molecule has 0 saturated carbocycles. The Hall–Kier alpha value is -11.2. The zero-order valence-corrected chi connectivity index (χ0v) is 41.9. The van der Waals surface area contributed by atoms with Gasteiger partial charge in [-0.3, -0.25) is 30.3 Å². The highest BCUT2D eigenvalue weighted by atomic mass is 16.6. The summed E-state index contributed by atoms with van der Waals surface area (Å²) in [7, 11) is 0. The molecule has 0 radical (unpaired) electrons. The van der Waals surface area contributed by atoms with Crippen molar-refractivity contribution in [2.75, 3.05) is 14.7 Å². The van der Waals surface area contributed by atoms with Crippen LogP contribution in [-0.2, 0) is 0 Å². The third kappa shape index (κ3) is 8.78. The molecule has 0 amide bonds. The van der Waals surface area contributed by atoms with Gasteiger partial charge in [-0.2, -0.15) is 0 Å². The maximum atomic E-state index is 12.3. The first-order valence-corrected chi connectivity index (χ1v) is 25.4. The summed E-state index contributed by atoms with van der Waals surface area (Å²) in [6.07, 6.45) is 0. The molecule has 0 bridgehead atoms. The molecule has 79 heavy (non-hydrogen) atoms. The number of hydrogen-bond donors (Lipinski definition) is 0. The number of fused-ring (bicyclic) bond motifs is 6. The zero-order chi connectivity index (χ0) is 53.7. The third-order valence-electron chi connectivity index (χ3n) is 14.5. The molecule has 0 aliphatic heterocycles. The van der Waals surface area contributed by atoms with Crippen molar-refractivity contribution < 1.29 is 14.8 Å². The summed E-state index contributed by atoms with van der Waals surface area (Å²) in [5.41, 5.74) is 8.70. The summed E-state index contributed by atoms with van der Waals surface area (Å²) in [6.45, 7) is 0. The van der Waals surface area contributed by atoms with Gasteiger partial charge in [-0.25, -0.2) is 0 Å². The van der Waals surface area contributed by atoms with E-state index in [1.807, 2.05) is 172 Å². The number of anilines is 9. The smallest absolute Gasteiger partial charge is 0.271 e. The van der Waals surface area contributed by atoms with Crippen LogP contribution in [0.2, 0.25) is 0 Å².